The van der Waals surface area contributed by atoms with Crippen LogP contribution in [0.1, 0.15) is 12.0 Å². The van der Waals surface area contributed by atoms with E-state index in [1.807, 2.05) is 4.98 Å². The first-order chi connectivity index (χ1) is 6.43. The third kappa shape index (κ3) is 1.68. The summed E-state index contributed by atoms with van der Waals surface area (Å²) in [5, 5.41) is 10.3. The van der Waals surface area contributed by atoms with E-state index in [4.69, 9.17) is 5.73 Å². The van der Waals surface area contributed by atoms with E-state index >= 15 is 0 Å². The maximum atomic E-state index is 12.2. The minimum atomic E-state index is -3.21. The highest BCUT2D eigenvalue weighted by molar-refractivity contribution is 5.42. The predicted octanol–water partition coefficient (Wildman–Crippen LogP) is 0.803. The largest absolute Gasteiger partial charge is 0.366 e. The van der Waals surface area contributed by atoms with Crippen LogP contribution in [0.15, 0.2) is 10.9 Å². The van der Waals surface area contributed by atoms with Gasteiger partial charge in [-0.1, -0.05) is 0 Å². The molecule has 0 aliphatic rings. The third-order valence-corrected chi connectivity index (χ3v) is 1.47. The van der Waals surface area contributed by atoms with Gasteiger partial charge >= 0.3 is 5.82 Å². The number of hydrogen-bond donors (Lipinski definition) is 2. The van der Waals surface area contributed by atoms with Crippen LogP contribution in [0.5, 0.6) is 0 Å². The van der Waals surface area contributed by atoms with Gasteiger partial charge in [-0.15, -0.1) is 0 Å². The molecule has 14 heavy (non-hydrogen) atoms. The van der Waals surface area contributed by atoms with Crippen molar-refractivity contribution in [2.75, 3.05) is 5.73 Å². The molecule has 0 saturated heterocycles. The predicted molar refractivity (Wildman–Crippen MR) is 43.1 cm³/mol. The number of nitro groups is 1. The van der Waals surface area contributed by atoms with Crippen molar-refractivity contribution in [3.63, 3.8) is 0 Å². The highest BCUT2D eigenvalue weighted by Gasteiger charge is 2.25. The molecule has 6 nitrogen and oxygen atoms in total. The molecule has 8 heteroatoms. The fourth-order valence-electron chi connectivity index (χ4n) is 0.931. The van der Waals surface area contributed by atoms with Crippen molar-refractivity contribution in [1.29, 1.82) is 0 Å². The molecule has 0 aliphatic heterocycles. The molecule has 0 unspecified atom stereocenters. The van der Waals surface area contributed by atoms with Crippen molar-refractivity contribution in [2.24, 2.45) is 0 Å². The van der Waals surface area contributed by atoms with Crippen molar-refractivity contribution < 1.29 is 13.7 Å². The zero-order valence-electron chi connectivity index (χ0n) is 6.66. The number of alkyl halides is 2. The van der Waals surface area contributed by atoms with Crippen LogP contribution in [-0.4, -0.2) is 9.91 Å². The Kier molecular flexibility index (Phi) is 2.45. The van der Waals surface area contributed by atoms with Crippen LogP contribution in [0.4, 0.5) is 20.4 Å². The van der Waals surface area contributed by atoms with Crippen molar-refractivity contribution in [1.82, 2.24) is 4.98 Å². The fourth-order valence-corrected chi connectivity index (χ4v) is 0.931. The van der Waals surface area contributed by atoms with E-state index in [9.17, 15) is 23.7 Å². The molecule has 1 heterocycles. The molecule has 0 fully saturated rings. The Morgan fingerprint density at radius 2 is 2.14 bits per heavy atom. The summed E-state index contributed by atoms with van der Waals surface area (Å²) in [7, 11) is 0. The van der Waals surface area contributed by atoms with E-state index in [2.05, 4.69) is 0 Å². The SMILES string of the molecule is Nc1cc(=O)c(C(F)F)c([N+](=O)[O-])[nH]1. The standard InChI is InChI=1S/C6H5F2N3O3/c7-5(8)4-2(12)1-3(9)10-6(4)11(13)14/h1,5H,(H3,9,10,12). The molecule has 76 valence electrons. The lowest BCUT2D eigenvalue weighted by Gasteiger charge is -2.01. The summed E-state index contributed by atoms with van der Waals surface area (Å²) in [5.41, 5.74) is 2.73. The van der Waals surface area contributed by atoms with Gasteiger partial charge in [-0.2, -0.15) is 0 Å². The number of hydrogen-bond acceptors (Lipinski definition) is 4. The summed E-state index contributed by atoms with van der Waals surface area (Å²) in [5.74, 6) is -1.39. The molecule has 0 aromatic carbocycles. The van der Waals surface area contributed by atoms with E-state index in [1.165, 1.54) is 0 Å². The summed E-state index contributed by atoms with van der Waals surface area (Å²) in [6.45, 7) is 0. The van der Waals surface area contributed by atoms with Gasteiger partial charge in [-0.3, -0.25) is 4.79 Å². The van der Waals surface area contributed by atoms with Crippen LogP contribution < -0.4 is 11.2 Å². The van der Waals surface area contributed by atoms with Gasteiger partial charge in [0, 0.05) is 0 Å². The number of anilines is 1. The zero-order chi connectivity index (χ0) is 10.9. The first kappa shape index (κ1) is 10.1. The quantitative estimate of drug-likeness (QED) is 0.550. The van der Waals surface area contributed by atoms with Crippen LogP contribution in [0, 0.1) is 10.1 Å². The molecule has 1 aromatic rings. The second-order valence-corrected chi connectivity index (χ2v) is 2.41. The van der Waals surface area contributed by atoms with Crippen molar-refractivity contribution in [3.8, 4) is 0 Å². The van der Waals surface area contributed by atoms with E-state index in [0.717, 1.165) is 0 Å². The molecule has 0 amide bonds. The average Bonchev–Trinajstić information content (AvgIpc) is 2.01. The minimum Gasteiger partial charge on any atom is -0.366 e. The van der Waals surface area contributed by atoms with E-state index < -0.39 is 28.2 Å². The number of aromatic nitrogens is 1. The number of nitrogens with one attached hydrogen (secondary N) is 1. The summed E-state index contributed by atoms with van der Waals surface area (Å²) in [6, 6.07) is 0.675. The van der Waals surface area contributed by atoms with Gasteiger partial charge < -0.3 is 15.8 Å². The number of pyridine rings is 1. The lowest BCUT2D eigenvalue weighted by atomic mass is 10.2. The van der Waals surface area contributed by atoms with Crippen LogP contribution >= 0.6 is 0 Å². The van der Waals surface area contributed by atoms with Crippen molar-refractivity contribution in [2.45, 2.75) is 6.43 Å². The second kappa shape index (κ2) is 3.40. The maximum Gasteiger partial charge on any atom is 0.335 e. The number of rotatable bonds is 2. The Balaban J connectivity index is 3.53. The molecular formula is C6H5F2N3O3. The first-order valence-corrected chi connectivity index (χ1v) is 3.38. The third-order valence-electron chi connectivity index (χ3n) is 1.47. The van der Waals surface area contributed by atoms with E-state index in [-0.39, 0.29) is 5.82 Å². The summed E-state index contributed by atoms with van der Waals surface area (Å²) in [6.07, 6.45) is -3.21. The smallest absolute Gasteiger partial charge is 0.335 e. The Morgan fingerprint density at radius 3 is 2.57 bits per heavy atom. The van der Waals surface area contributed by atoms with Crippen molar-refractivity contribution >= 4 is 11.6 Å². The molecule has 1 aromatic heterocycles. The molecule has 0 radical (unpaired) electrons. The van der Waals surface area contributed by atoms with Gasteiger partial charge in [0.2, 0.25) is 5.43 Å². The molecule has 3 N–H and O–H groups in total. The molecular weight excluding hydrogens is 200 g/mol. The normalized spacial score (nSPS) is 10.5. The second-order valence-electron chi connectivity index (χ2n) is 2.41. The maximum absolute atomic E-state index is 12.2. The number of nitrogens with two attached hydrogens (primary N) is 1. The van der Waals surface area contributed by atoms with Gasteiger partial charge in [0.05, 0.1) is 6.07 Å². The first-order valence-electron chi connectivity index (χ1n) is 3.38. The Labute approximate surface area is 75.5 Å². The lowest BCUT2D eigenvalue weighted by Crippen LogP contribution is -2.14. The number of nitrogen functional groups attached to an aromatic ring is 1. The van der Waals surface area contributed by atoms with Gasteiger partial charge in [-0.25, -0.2) is 13.8 Å². The van der Waals surface area contributed by atoms with E-state index in [0.29, 0.717) is 6.07 Å². The van der Waals surface area contributed by atoms with Gasteiger partial charge in [0.25, 0.3) is 6.43 Å². The molecule has 0 bridgehead atoms. The summed E-state index contributed by atoms with van der Waals surface area (Å²) < 4.78 is 24.4. The topological polar surface area (TPSA) is 102 Å². The van der Waals surface area contributed by atoms with Crippen LogP contribution in [0.2, 0.25) is 0 Å². The van der Waals surface area contributed by atoms with Gasteiger partial charge in [0.1, 0.15) is 0 Å². The highest BCUT2D eigenvalue weighted by Crippen LogP contribution is 2.23. The molecule has 1 rings (SSSR count). The Bertz CT molecular complexity index is 429. The molecule has 0 aliphatic carbocycles. The molecule has 0 atom stereocenters. The number of H-pyrrole nitrogens is 1. The van der Waals surface area contributed by atoms with Gasteiger partial charge in [0.15, 0.2) is 11.4 Å². The molecule has 0 spiro atoms. The lowest BCUT2D eigenvalue weighted by molar-refractivity contribution is -0.391. The highest BCUT2D eigenvalue weighted by atomic mass is 19.3. The minimum absolute atomic E-state index is 0.328. The number of halogens is 2. The van der Waals surface area contributed by atoms with Crippen LogP contribution in [0.3, 0.4) is 0 Å². The number of nitrogens with zero attached hydrogens (tertiary/aromatic N) is 1. The zero-order valence-corrected chi connectivity index (χ0v) is 6.66. The fraction of sp³-hybridized carbons (Fsp3) is 0.167. The van der Waals surface area contributed by atoms with Crippen LogP contribution in [-0.2, 0) is 0 Å². The van der Waals surface area contributed by atoms with E-state index in [1.54, 1.807) is 0 Å². The monoisotopic (exact) mass is 205 g/mol. The average molecular weight is 205 g/mol. The molecule has 0 saturated carbocycles. The van der Waals surface area contributed by atoms with Crippen LogP contribution in [0.25, 0.3) is 0 Å². The number of aromatic amines is 1. The summed E-state index contributed by atoms with van der Waals surface area (Å²) >= 11 is 0. The Morgan fingerprint density at radius 1 is 1.57 bits per heavy atom. The van der Waals surface area contributed by atoms with Crippen molar-refractivity contribution in [3.05, 3.63) is 32.0 Å². The Hall–Kier alpha value is -1.99. The summed E-state index contributed by atoms with van der Waals surface area (Å²) in [4.78, 5) is 22.0. The van der Waals surface area contributed by atoms with Gasteiger partial charge in [-0.05, 0) is 4.92 Å².